The molecule has 0 aromatic carbocycles. The van der Waals surface area contributed by atoms with Gasteiger partial charge in [-0.1, -0.05) is 55.6 Å². The van der Waals surface area contributed by atoms with Crippen molar-refractivity contribution in [2.75, 3.05) is 7.11 Å². The van der Waals surface area contributed by atoms with E-state index < -0.39 is 21.3 Å². The van der Waals surface area contributed by atoms with Crippen molar-refractivity contribution >= 4 is 46.7 Å². The zero-order valence-corrected chi connectivity index (χ0v) is 14.7. The number of hydrogen-bond donors (Lipinski definition) is 0. The van der Waals surface area contributed by atoms with Gasteiger partial charge in [0, 0.05) is 11.8 Å². The van der Waals surface area contributed by atoms with E-state index in [4.69, 9.17) is 44.3 Å². The molecule has 7 heteroatoms. The Balaban J connectivity index is 2.34. The lowest BCUT2D eigenvalue weighted by Gasteiger charge is -2.40. The molecule has 0 saturated heterocycles. The first kappa shape index (κ1) is 17.2. The van der Waals surface area contributed by atoms with Crippen molar-refractivity contribution in [2.45, 2.75) is 49.9 Å². The third kappa shape index (κ3) is 2.17. The van der Waals surface area contributed by atoms with Crippen LogP contribution in [0.5, 0.6) is 0 Å². The van der Waals surface area contributed by atoms with Crippen LogP contribution in [0, 0.1) is 16.2 Å². The predicted octanol–water partition coefficient (Wildman–Crippen LogP) is 3.66. The number of carbonyl (C=O) groups is 2. The van der Waals surface area contributed by atoms with Gasteiger partial charge < -0.3 is 9.47 Å². The summed E-state index contributed by atoms with van der Waals surface area (Å²) in [5, 5.41) is 0. The normalized spacial score (nSPS) is 37.4. The fourth-order valence-electron chi connectivity index (χ4n) is 4.11. The van der Waals surface area contributed by atoms with Crippen LogP contribution in [0.25, 0.3) is 0 Å². The molecule has 0 N–H and O–H groups in total. The zero-order valence-electron chi connectivity index (χ0n) is 12.5. The molecule has 2 rings (SSSR count). The number of methoxy groups -OCH3 is 1. The van der Waals surface area contributed by atoms with Gasteiger partial charge in [0.1, 0.15) is 6.10 Å². The summed E-state index contributed by atoms with van der Waals surface area (Å²) < 4.78 is 8.31. The molecule has 2 fully saturated rings. The van der Waals surface area contributed by atoms with E-state index in [2.05, 4.69) is 0 Å². The van der Waals surface area contributed by atoms with E-state index >= 15 is 0 Å². The number of fused-ring (bicyclic) bond motifs is 2. The van der Waals surface area contributed by atoms with Crippen molar-refractivity contribution < 1.29 is 19.1 Å². The lowest BCUT2D eigenvalue weighted by Crippen LogP contribution is -2.42. The number of rotatable bonds is 2. The van der Waals surface area contributed by atoms with Gasteiger partial charge in [0.15, 0.2) is 0 Å². The molecule has 0 heterocycles. The van der Waals surface area contributed by atoms with Gasteiger partial charge >= 0.3 is 11.9 Å². The van der Waals surface area contributed by atoms with Gasteiger partial charge in [-0.25, -0.2) is 4.79 Å². The molecule has 0 radical (unpaired) electrons. The second kappa shape index (κ2) is 4.90. The molecular weight excluding hydrogens is 339 g/mol. The topological polar surface area (TPSA) is 52.6 Å². The number of halogens is 3. The summed E-state index contributed by atoms with van der Waals surface area (Å²) in [4.78, 5) is 24.2. The first-order valence-electron chi connectivity index (χ1n) is 6.78. The van der Waals surface area contributed by atoms with Crippen LogP contribution >= 0.6 is 34.8 Å². The Labute approximate surface area is 139 Å². The van der Waals surface area contributed by atoms with Crippen LogP contribution in [-0.2, 0) is 19.1 Å². The quantitative estimate of drug-likeness (QED) is 0.559. The van der Waals surface area contributed by atoms with Gasteiger partial charge in [0.05, 0.1) is 12.5 Å². The molecule has 21 heavy (non-hydrogen) atoms. The lowest BCUT2D eigenvalue weighted by molar-refractivity contribution is -0.160. The van der Waals surface area contributed by atoms with Crippen LogP contribution in [-0.4, -0.2) is 28.9 Å². The Hall–Kier alpha value is -0.190. The fraction of sp³-hybridized carbons (Fsp3) is 0.857. The van der Waals surface area contributed by atoms with Crippen molar-refractivity contribution in [3.8, 4) is 0 Å². The van der Waals surface area contributed by atoms with E-state index in [1.165, 1.54) is 7.11 Å². The average Bonchev–Trinajstić information content (AvgIpc) is 2.67. The molecule has 0 amide bonds. The molecule has 0 aromatic heterocycles. The number of esters is 2. The molecule has 0 aliphatic heterocycles. The van der Waals surface area contributed by atoms with Crippen LogP contribution in [0.2, 0.25) is 0 Å². The van der Waals surface area contributed by atoms with Crippen LogP contribution < -0.4 is 0 Å². The number of hydrogen-bond acceptors (Lipinski definition) is 4. The maximum atomic E-state index is 12.3. The minimum absolute atomic E-state index is 0.261. The first-order valence-corrected chi connectivity index (χ1v) is 7.92. The van der Waals surface area contributed by atoms with Gasteiger partial charge in [0.2, 0.25) is 0 Å². The summed E-state index contributed by atoms with van der Waals surface area (Å²) >= 11 is 16.7. The molecule has 0 aromatic rings. The van der Waals surface area contributed by atoms with Gasteiger partial charge in [-0.05, 0) is 18.3 Å². The summed E-state index contributed by atoms with van der Waals surface area (Å²) in [5.74, 6) is -1.16. The Kier molecular flexibility index (Phi) is 4.01. The van der Waals surface area contributed by atoms with E-state index in [0.717, 1.165) is 6.42 Å². The largest absolute Gasteiger partial charge is 0.469 e. The Morgan fingerprint density at radius 3 is 2.19 bits per heavy atom. The highest BCUT2D eigenvalue weighted by Crippen LogP contribution is 2.73. The standard InChI is InChI=1S/C14H19Cl3O4/c1-11(2)12(3)5-6-13(11,9(18)20-4)7-8(12)21-10(19)14(15,16)17/h8H,5-7H2,1-4H3/t8-,12-,13+/m0/s1. The van der Waals surface area contributed by atoms with E-state index in [0.29, 0.717) is 12.8 Å². The molecule has 3 atom stereocenters. The Morgan fingerprint density at radius 1 is 1.14 bits per heavy atom. The third-order valence-corrected chi connectivity index (χ3v) is 6.46. The minimum atomic E-state index is -2.11. The lowest BCUT2D eigenvalue weighted by atomic mass is 9.65. The number of carbonyl (C=O) groups excluding carboxylic acids is 2. The van der Waals surface area contributed by atoms with Crippen molar-refractivity contribution in [3.05, 3.63) is 0 Å². The van der Waals surface area contributed by atoms with E-state index in [1.807, 2.05) is 20.8 Å². The van der Waals surface area contributed by atoms with Crippen molar-refractivity contribution in [2.24, 2.45) is 16.2 Å². The molecule has 120 valence electrons. The smallest absolute Gasteiger partial charge is 0.358 e. The molecule has 0 spiro atoms. The summed E-state index contributed by atoms with van der Waals surface area (Å²) in [6, 6.07) is 0. The maximum Gasteiger partial charge on any atom is 0.358 e. The van der Waals surface area contributed by atoms with Gasteiger partial charge in [-0.2, -0.15) is 0 Å². The van der Waals surface area contributed by atoms with Crippen LogP contribution in [0.1, 0.15) is 40.0 Å². The van der Waals surface area contributed by atoms with Gasteiger partial charge in [-0.15, -0.1) is 0 Å². The Morgan fingerprint density at radius 2 is 1.71 bits per heavy atom. The maximum absolute atomic E-state index is 12.3. The highest BCUT2D eigenvalue weighted by molar-refractivity contribution is 6.75. The second-order valence-electron chi connectivity index (χ2n) is 6.71. The van der Waals surface area contributed by atoms with Crippen molar-refractivity contribution in [1.29, 1.82) is 0 Å². The molecule has 2 saturated carbocycles. The molecule has 4 nitrogen and oxygen atoms in total. The second-order valence-corrected chi connectivity index (χ2v) is 8.99. The Bertz CT molecular complexity index is 485. The SMILES string of the molecule is COC(=O)[C@@]12CC[C@@](C)([C@@H](OC(=O)C(Cl)(Cl)Cl)C1)C2(C)C. The van der Waals surface area contributed by atoms with E-state index in [1.54, 1.807) is 0 Å². The van der Waals surface area contributed by atoms with E-state index in [9.17, 15) is 9.59 Å². The van der Waals surface area contributed by atoms with Gasteiger partial charge in [-0.3, -0.25) is 4.79 Å². The zero-order chi connectivity index (χ0) is 16.3. The van der Waals surface area contributed by atoms with Crippen molar-refractivity contribution in [3.63, 3.8) is 0 Å². The van der Waals surface area contributed by atoms with Gasteiger partial charge in [0.25, 0.3) is 3.79 Å². The van der Waals surface area contributed by atoms with Crippen LogP contribution in [0.15, 0.2) is 0 Å². The molecular formula is C14H19Cl3O4. The number of ether oxygens (including phenoxy) is 2. The minimum Gasteiger partial charge on any atom is -0.469 e. The van der Waals surface area contributed by atoms with Crippen LogP contribution in [0.4, 0.5) is 0 Å². The summed E-state index contributed by atoms with van der Waals surface area (Å²) in [6.45, 7) is 6.04. The highest BCUT2D eigenvalue weighted by Gasteiger charge is 2.74. The van der Waals surface area contributed by atoms with Crippen LogP contribution in [0.3, 0.4) is 0 Å². The fourth-order valence-corrected chi connectivity index (χ4v) is 4.24. The van der Waals surface area contributed by atoms with E-state index in [-0.39, 0.29) is 16.8 Å². The monoisotopic (exact) mass is 356 g/mol. The molecule has 0 unspecified atom stereocenters. The third-order valence-electron chi connectivity index (χ3n) is 6.00. The van der Waals surface area contributed by atoms with Crippen molar-refractivity contribution in [1.82, 2.24) is 0 Å². The summed E-state index contributed by atoms with van der Waals surface area (Å²) in [5.41, 5.74) is -1.38. The molecule has 2 aliphatic carbocycles. The summed E-state index contributed by atoms with van der Waals surface area (Å²) in [7, 11) is 1.38. The molecule has 2 aliphatic rings. The molecule has 2 bridgehead atoms. The average molecular weight is 358 g/mol. The predicted molar refractivity (Wildman–Crippen MR) is 80.4 cm³/mol. The summed E-state index contributed by atoms with van der Waals surface area (Å²) in [6.07, 6.45) is 1.40. The number of alkyl halides is 3. The highest BCUT2D eigenvalue weighted by atomic mass is 35.6. The first-order chi connectivity index (χ1) is 9.42.